The number of benzene rings is 3. The Balaban J connectivity index is 1.61. The van der Waals surface area contributed by atoms with E-state index in [9.17, 15) is 23.2 Å². The minimum Gasteiger partial charge on any atom is -0.490 e. The number of nitrogens with one attached hydrogen (secondary N) is 3. The summed E-state index contributed by atoms with van der Waals surface area (Å²) in [6, 6.07) is 15.1. The normalized spacial score (nSPS) is 11.7. The molecule has 3 N–H and O–H groups in total. The number of rotatable bonds is 12. The molecule has 0 radical (unpaired) electrons. The van der Waals surface area contributed by atoms with E-state index in [0.717, 1.165) is 6.07 Å². The molecule has 3 aromatic rings. The van der Waals surface area contributed by atoms with E-state index in [1.807, 2.05) is 0 Å². The number of amides is 3. The molecular weight excluding hydrogens is 522 g/mol. The quantitative estimate of drug-likeness (QED) is 0.229. The highest BCUT2D eigenvalue weighted by Gasteiger charge is 2.25. The first-order valence-electron chi connectivity index (χ1n) is 12.5. The van der Waals surface area contributed by atoms with Gasteiger partial charge in [0.15, 0.2) is 18.1 Å². The Hall–Kier alpha value is -4.80. The van der Waals surface area contributed by atoms with E-state index in [1.165, 1.54) is 42.6 Å². The predicted molar refractivity (Wildman–Crippen MR) is 146 cm³/mol. The lowest BCUT2D eigenvalue weighted by Crippen LogP contribution is -2.48. The molecule has 0 aliphatic rings. The molecule has 0 fully saturated rings. The molecule has 3 rings (SSSR count). The summed E-state index contributed by atoms with van der Waals surface area (Å²) in [7, 11) is 0. The molecule has 9 nitrogen and oxygen atoms in total. The molecule has 210 valence electrons. The van der Waals surface area contributed by atoms with Crippen molar-refractivity contribution in [1.82, 2.24) is 10.7 Å². The van der Waals surface area contributed by atoms with Gasteiger partial charge in [0.25, 0.3) is 17.7 Å². The summed E-state index contributed by atoms with van der Waals surface area (Å²) < 4.78 is 38.9. The maximum absolute atomic E-state index is 14.0. The largest absolute Gasteiger partial charge is 0.490 e. The van der Waals surface area contributed by atoms with Crippen LogP contribution in [0.4, 0.5) is 14.5 Å². The van der Waals surface area contributed by atoms with Crippen LogP contribution in [0.1, 0.15) is 36.7 Å². The van der Waals surface area contributed by atoms with E-state index in [4.69, 9.17) is 9.47 Å². The van der Waals surface area contributed by atoms with E-state index in [1.54, 1.807) is 45.0 Å². The van der Waals surface area contributed by atoms with Crippen LogP contribution in [0.5, 0.6) is 11.5 Å². The summed E-state index contributed by atoms with van der Waals surface area (Å²) >= 11 is 0. The number of halogens is 2. The maximum Gasteiger partial charge on any atom is 0.262 e. The standard InChI is InChI=1S/C29H30F2N4O5/c1-4-39-25-15-19(13-14-24(25)40-17-26(36)33-23-12-8-7-11-22(23)31)16-32-35-29(38)27(18(2)3)34-28(37)20-9-5-6-10-21(20)30/h5-16,18,27H,4,17H2,1-3H3,(H,33,36)(H,34,37)(H,35,38)/b32-16+. The molecule has 0 spiro atoms. The number of hydrogen-bond donors (Lipinski definition) is 3. The zero-order valence-electron chi connectivity index (χ0n) is 22.2. The molecule has 0 aliphatic carbocycles. The molecule has 0 saturated heterocycles. The zero-order valence-corrected chi connectivity index (χ0v) is 22.2. The van der Waals surface area contributed by atoms with Gasteiger partial charge in [-0.2, -0.15) is 5.10 Å². The number of carbonyl (C=O) groups is 3. The summed E-state index contributed by atoms with van der Waals surface area (Å²) in [4.78, 5) is 37.4. The molecule has 0 aliphatic heterocycles. The first-order chi connectivity index (χ1) is 19.2. The Kier molecular flexibility index (Phi) is 10.7. The van der Waals surface area contributed by atoms with Crippen molar-refractivity contribution in [3.05, 3.63) is 89.5 Å². The van der Waals surface area contributed by atoms with Gasteiger partial charge in [-0.25, -0.2) is 14.2 Å². The average Bonchev–Trinajstić information content (AvgIpc) is 2.92. The Labute approximate surface area is 230 Å². The van der Waals surface area contributed by atoms with Crippen LogP contribution in [0.15, 0.2) is 71.8 Å². The van der Waals surface area contributed by atoms with Crippen LogP contribution < -0.4 is 25.5 Å². The Morgan fingerprint density at radius 3 is 2.30 bits per heavy atom. The van der Waals surface area contributed by atoms with Crippen LogP contribution in [-0.4, -0.2) is 43.2 Å². The van der Waals surface area contributed by atoms with Crippen molar-refractivity contribution in [3.63, 3.8) is 0 Å². The van der Waals surface area contributed by atoms with E-state index in [2.05, 4.69) is 21.2 Å². The van der Waals surface area contributed by atoms with Crippen LogP contribution >= 0.6 is 0 Å². The summed E-state index contributed by atoms with van der Waals surface area (Å²) in [5, 5.41) is 8.94. The lowest BCUT2D eigenvalue weighted by molar-refractivity contribution is -0.124. The molecule has 0 heterocycles. The van der Waals surface area contributed by atoms with Crippen LogP contribution in [0, 0.1) is 17.6 Å². The van der Waals surface area contributed by atoms with Gasteiger partial charge in [0.2, 0.25) is 0 Å². The monoisotopic (exact) mass is 552 g/mol. The topological polar surface area (TPSA) is 118 Å². The van der Waals surface area contributed by atoms with Gasteiger partial charge < -0.3 is 20.1 Å². The molecule has 1 unspecified atom stereocenters. The highest BCUT2D eigenvalue weighted by molar-refractivity contribution is 5.98. The minimum absolute atomic E-state index is 0.0428. The van der Waals surface area contributed by atoms with Gasteiger partial charge in [-0.1, -0.05) is 38.1 Å². The van der Waals surface area contributed by atoms with Crippen molar-refractivity contribution in [2.24, 2.45) is 11.0 Å². The van der Waals surface area contributed by atoms with Crippen molar-refractivity contribution in [2.75, 3.05) is 18.5 Å². The van der Waals surface area contributed by atoms with Crippen molar-refractivity contribution in [1.29, 1.82) is 0 Å². The predicted octanol–water partition coefficient (Wildman–Crippen LogP) is 4.29. The fourth-order valence-corrected chi connectivity index (χ4v) is 3.52. The van der Waals surface area contributed by atoms with E-state index >= 15 is 0 Å². The van der Waals surface area contributed by atoms with Crippen molar-refractivity contribution >= 4 is 29.6 Å². The molecule has 0 bridgehead atoms. The Bertz CT molecular complexity index is 1380. The van der Waals surface area contributed by atoms with E-state index in [-0.39, 0.29) is 29.5 Å². The molecule has 3 aromatic carbocycles. The minimum atomic E-state index is -0.963. The molecule has 11 heteroatoms. The number of para-hydroxylation sites is 1. The average molecular weight is 553 g/mol. The van der Waals surface area contributed by atoms with Gasteiger partial charge in [0.05, 0.1) is 24.1 Å². The molecule has 40 heavy (non-hydrogen) atoms. The molecule has 0 aromatic heterocycles. The van der Waals surface area contributed by atoms with Crippen LogP contribution in [0.2, 0.25) is 0 Å². The third-order valence-electron chi connectivity index (χ3n) is 5.52. The molecular formula is C29H30F2N4O5. The fourth-order valence-electron chi connectivity index (χ4n) is 3.52. The number of hydrogen-bond acceptors (Lipinski definition) is 6. The first kappa shape index (κ1) is 29.8. The summed E-state index contributed by atoms with van der Waals surface area (Å²) in [5.41, 5.74) is 2.81. The summed E-state index contributed by atoms with van der Waals surface area (Å²) in [5.74, 6) is -2.79. The molecule has 0 saturated carbocycles. The van der Waals surface area contributed by atoms with Crippen LogP contribution in [0.3, 0.4) is 0 Å². The third kappa shape index (κ3) is 8.35. The molecule has 3 amide bonds. The number of anilines is 1. The number of ether oxygens (including phenoxy) is 2. The second-order valence-electron chi connectivity index (χ2n) is 8.87. The SMILES string of the molecule is CCOc1cc(/C=N/NC(=O)C(NC(=O)c2ccccc2F)C(C)C)ccc1OCC(=O)Nc1ccccc1F. The second-order valence-corrected chi connectivity index (χ2v) is 8.87. The van der Waals surface area contributed by atoms with Gasteiger partial charge in [-0.05, 0) is 60.9 Å². The summed E-state index contributed by atoms with van der Waals surface area (Å²) in [6.07, 6.45) is 1.37. The van der Waals surface area contributed by atoms with Gasteiger partial charge in [-0.15, -0.1) is 0 Å². The number of hydrazone groups is 1. The zero-order chi connectivity index (χ0) is 29.1. The van der Waals surface area contributed by atoms with Crippen LogP contribution in [-0.2, 0) is 9.59 Å². The number of nitrogens with zero attached hydrogens (tertiary/aromatic N) is 1. The fraction of sp³-hybridized carbons (Fsp3) is 0.241. The van der Waals surface area contributed by atoms with Crippen LogP contribution in [0.25, 0.3) is 0 Å². The number of carbonyl (C=O) groups excluding carboxylic acids is 3. The van der Waals surface area contributed by atoms with E-state index in [0.29, 0.717) is 17.9 Å². The van der Waals surface area contributed by atoms with Crippen molar-refractivity contribution in [3.8, 4) is 11.5 Å². The van der Waals surface area contributed by atoms with Crippen molar-refractivity contribution in [2.45, 2.75) is 26.8 Å². The maximum atomic E-state index is 14.0. The van der Waals surface area contributed by atoms with Gasteiger partial charge in [0.1, 0.15) is 17.7 Å². The van der Waals surface area contributed by atoms with Gasteiger partial charge >= 0.3 is 0 Å². The molecule has 1 atom stereocenters. The second kappa shape index (κ2) is 14.4. The highest BCUT2D eigenvalue weighted by atomic mass is 19.1. The summed E-state index contributed by atoms with van der Waals surface area (Å²) in [6.45, 7) is 5.18. The smallest absolute Gasteiger partial charge is 0.262 e. The lowest BCUT2D eigenvalue weighted by Gasteiger charge is -2.20. The van der Waals surface area contributed by atoms with Gasteiger partial charge in [-0.3, -0.25) is 14.4 Å². The first-order valence-corrected chi connectivity index (χ1v) is 12.5. The highest BCUT2D eigenvalue weighted by Crippen LogP contribution is 2.28. The van der Waals surface area contributed by atoms with E-state index < -0.39 is 35.4 Å². The lowest BCUT2D eigenvalue weighted by atomic mass is 10.0. The Morgan fingerprint density at radius 2 is 1.62 bits per heavy atom. The van der Waals surface area contributed by atoms with Crippen molar-refractivity contribution < 1.29 is 32.6 Å². The van der Waals surface area contributed by atoms with Gasteiger partial charge in [0, 0.05) is 0 Å². The Morgan fingerprint density at radius 1 is 0.925 bits per heavy atom. The third-order valence-corrected chi connectivity index (χ3v) is 5.52.